The second-order valence-electron chi connectivity index (χ2n) is 7.56. The van der Waals surface area contributed by atoms with Crippen LogP contribution in [0.4, 0.5) is 0 Å². The van der Waals surface area contributed by atoms with Gasteiger partial charge in [0.1, 0.15) is 0 Å². The first-order chi connectivity index (χ1) is 13.6. The van der Waals surface area contributed by atoms with Crippen LogP contribution in [-0.2, 0) is 4.79 Å². The third kappa shape index (κ3) is 5.55. The van der Waals surface area contributed by atoms with E-state index >= 15 is 0 Å². The number of nitrogens with one attached hydrogen (secondary N) is 1. The molecule has 6 nitrogen and oxygen atoms in total. The summed E-state index contributed by atoms with van der Waals surface area (Å²) < 4.78 is 0.956. The maximum absolute atomic E-state index is 13.2. The van der Waals surface area contributed by atoms with Gasteiger partial charge in [-0.1, -0.05) is 22.9 Å². The predicted molar refractivity (Wildman–Crippen MR) is 114 cm³/mol. The van der Waals surface area contributed by atoms with Crippen LogP contribution in [0.2, 0.25) is 0 Å². The Morgan fingerprint density at radius 2 is 1.89 bits per heavy atom. The molecule has 7 heteroatoms. The van der Waals surface area contributed by atoms with Crippen LogP contribution >= 0.6 is 15.9 Å². The number of nitrogens with zero attached hydrogens (tertiary/aromatic N) is 3. The molecule has 0 saturated carbocycles. The number of halogens is 1. The van der Waals surface area contributed by atoms with E-state index in [9.17, 15) is 9.59 Å². The molecular weight excluding hydrogens is 420 g/mol. The number of likely N-dealkylation sites (N-methyl/N-ethyl adjacent to an activating group) is 1. The molecule has 2 amide bonds. The van der Waals surface area contributed by atoms with Gasteiger partial charge in [0.15, 0.2) is 0 Å². The van der Waals surface area contributed by atoms with Crippen molar-refractivity contribution in [2.75, 3.05) is 52.4 Å². The number of benzene rings is 1. The molecule has 2 saturated heterocycles. The molecule has 0 radical (unpaired) electrons. The fraction of sp³-hybridized carbons (Fsp3) is 0.619. The molecule has 1 aromatic carbocycles. The first kappa shape index (κ1) is 21.3. The molecule has 1 atom stereocenters. The Balaban J connectivity index is 1.67. The van der Waals surface area contributed by atoms with Crippen LogP contribution in [0, 0.1) is 0 Å². The minimum Gasteiger partial charge on any atom is -0.340 e. The molecular formula is C21H31BrN4O2. The number of hydrogen-bond donors (Lipinski definition) is 1. The molecule has 0 aromatic heterocycles. The zero-order chi connectivity index (χ0) is 19.9. The van der Waals surface area contributed by atoms with Crippen LogP contribution in [0.15, 0.2) is 28.7 Å². The first-order valence-electron chi connectivity index (χ1n) is 10.4. The number of hydrogen-bond acceptors (Lipinski definition) is 4. The highest BCUT2D eigenvalue weighted by molar-refractivity contribution is 9.10. The van der Waals surface area contributed by atoms with Crippen LogP contribution in [0.3, 0.4) is 0 Å². The van der Waals surface area contributed by atoms with Gasteiger partial charge in [0.25, 0.3) is 5.91 Å². The SMILES string of the molecule is CCN1CCC[C@@H]1CN(CCC(=O)N1CCNCC1)C(=O)c1ccc(Br)cc1. The standard InChI is InChI=1S/C21H31BrN4O2/c1-2-24-12-3-4-19(24)16-26(21(28)17-5-7-18(22)8-6-17)13-9-20(27)25-14-10-23-11-15-25/h5-8,19,23H,2-4,9-16H2,1H3/t19-/m1/s1. The summed E-state index contributed by atoms with van der Waals surface area (Å²) in [6.07, 6.45) is 2.68. The Hall–Kier alpha value is -1.44. The Kier molecular flexibility index (Phi) is 7.88. The van der Waals surface area contributed by atoms with E-state index in [1.165, 1.54) is 6.42 Å². The fourth-order valence-electron chi connectivity index (χ4n) is 4.13. The maximum atomic E-state index is 13.2. The highest BCUT2D eigenvalue weighted by atomic mass is 79.9. The van der Waals surface area contributed by atoms with E-state index in [0.29, 0.717) is 31.1 Å². The van der Waals surface area contributed by atoms with Crippen LogP contribution in [0.5, 0.6) is 0 Å². The number of rotatable bonds is 7. The fourth-order valence-corrected chi connectivity index (χ4v) is 4.39. The van der Waals surface area contributed by atoms with E-state index in [2.05, 4.69) is 33.1 Å². The molecule has 0 bridgehead atoms. The van der Waals surface area contributed by atoms with E-state index in [1.807, 2.05) is 34.1 Å². The number of carbonyl (C=O) groups is 2. The van der Waals surface area contributed by atoms with Crippen molar-refractivity contribution in [3.8, 4) is 0 Å². The minimum absolute atomic E-state index is 0.0172. The molecule has 1 N–H and O–H groups in total. The number of piperazine rings is 1. The van der Waals surface area contributed by atoms with Crippen LogP contribution < -0.4 is 5.32 Å². The van der Waals surface area contributed by atoms with Crippen molar-refractivity contribution < 1.29 is 9.59 Å². The Labute approximate surface area is 176 Å². The minimum atomic E-state index is 0.0172. The predicted octanol–water partition coefficient (Wildman–Crippen LogP) is 2.20. The molecule has 0 spiro atoms. The van der Waals surface area contributed by atoms with Gasteiger partial charge in [0, 0.05) is 61.8 Å². The molecule has 3 rings (SSSR count). The first-order valence-corrected chi connectivity index (χ1v) is 11.1. The van der Waals surface area contributed by atoms with E-state index < -0.39 is 0 Å². The van der Waals surface area contributed by atoms with Crippen molar-refractivity contribution >= 4 is 27.7 Å². The topological polar surface area (TPSA) is 55.9 Å². The summed E-state index contributed by atoms with van der Waals surface area (Å²) in [5.74, 6) is 0.164. The highest BCUT2D eigenvalue weighted by Gasteiger charge is 2.28. The van der Waals surface area contributed by atoms with E-state index in [1.54, 1.807) is 0 Å². The molecule has 2 heterocycles. The molecule has 0 aliphatic carbocycles. The average Bonchev–Trinajstić information content (AvgIpc) is 3.18. The van der Waals surface area contributed by atoms with E-state index in [0.717, 1.165) is 50.2 Å². The highest BCUT2D eigenvalue weighted by Crippen LogP contribution is 2.20. The van der Waals surface area contributed by atoms with Crippen LogP contribution in [0.25, 0.3) is 0 Å². The maximum Gasteiger partial charge on any atom is 0.253 e. The number of carbonyl (C=O) groups excluding carboxylic acids is 2. The summed E-state index contributed by atoms with van der Waals surface area (Å²) in [7, 11) is 0. The lowest BCUT2D eigenvalue weighted by Gasteiger charge is -2.32. The number of amides is 2. The third-order valence-corrected chi connectivity index (χ3v) is 6.31. The average molecular weight is 451 g/mol. The molecule has 0 unspecified atom stereocenters. The van der Waals surface area contributed by atoms with Crippen molar-refractivity contribution in [3.05, 3.63) is 34.3 Å². The van der Waals surface area contributed by atoms with Gasteiger partial charge in [-0.25, -0.2) is 0 Å². The second kappa shape index (κ2) is 10.4. The monoisotopic (exact) mass is 450 g/mol. The molecule has 2 fully saturated rings. The van der Waals surface area contributed by atoms with Crippen molar-refractivity contribution in [3.63, 3.8) is 0 Å². The zero-order valence-electron chi connectivity index (χ0n) is 16.7. The van der Waals surface area contributed by atoms with Crippen molar-refractivity contribution in [2.24, 2.45) is 0 Å². The van der Waals surface area contributed by atoms with E-state index in [-0.39, 0.29) is 11.8 Å². The Morgan fingerprint density at radius 1 is 1.18 bits per heavy atom. The number of likely N-dealkylation sites (tertiary alicyclic amines) is 1. The normalized spacial score (nSPS) is 20.4. The van der Waals surface area contributed by atoms with Gasteiger partial charge >= 0.3 is 0 Å². The summed E-state index contributed by atoms with van der Waals surface area (Å²) in [4.78, 5) is 32.0. The quantitative estimate of drug-likeness (QED) is 0.691. The van der Waals surface area contributed by atoms with Crippen LogP contribution in [-0.4, -0.2) is 84.9 Å². The van der Waals surface area contributed by atoms with Gasteiger partial charge < -0.3 is 15.1 Å². The van der Waals surface area contributed by atoms with Gasteiger partial charge in [-0.15, -0.1) is 0 Å². The van der Waals surface area contributed by atoms with Crippen molar-refractivity contribution in [2.45, 2.75) is 32.2 Å². The van der Waals surface area contributed by atoms with Crippen molar-refractivity contribution in [1.82, 2.24) is 20.0 Å². The molecule has 2 aliphatic heterocycles. The summed E-state index contributed by atoms with van der Waals surface area (Å²) in [6.45, 7) is 8.65. The van der Waals surface area contributed by atoms with Crippen molar-refractivity contribution in [1.29, 1.82) is 0 Å². The molecule has 2 aliphatic rings. The largest absolute Gasteiger partial charge is 0.340 e. The third-order valence-electron chi connectivity index (χ3n) is 5.78. The Bertz CT molecular complexity index is 661. The van der Waals surface area contributed by atoms with Gasteiger partial charge in [0.05, 0.1) is 0 Å². The lowest BCUT2D eigenvalue weighted by Crippen LogP contribution is -2.48. The van der Waals surface area contributed by atoms with E-state index in [4.69, 9.17) is 0 Å². The summed E-state index contributed by atoms with van der Waals surface area (Å²) >= 11 is 3.43. The summed E-state index contributed by atoms with van der Waals surface area (Å²) in [5.41, 5.74) is 0.680. The molecule has 28 heavy (non-hydrogen) atoms. The molecule has 1 aromatic rings. The van der Waals surface area contributed by atoms with Gasteiger partial charge in [-0.2, -0.15) is 0 Å². The lowest BCUT2D eigenvalue weighted by atomic mass is 10.1. The Morgan fingerprint density at radius 3 is 2.57 bits per heavy atom. The summed E-state index contributed by atoms with van der Waals surface area (Å²) in [6, 6.07) is 7.88. The molecule has 154 valence electrons. The van der Waals surface area contributed by atoms with Gasteiger partial charge in [0.2, 0.25) is 5.91 Å². The lowest BCUT2D eigenvalue weighted by molar-refractivity contribution is -0.132. The van der Waals surface area contributed by atoms with Crippen LogP contribution in [0.1, 0.15) is 36.5 Å². The smallest absolute Gasteiger partial charge is 0.253 e. The second-order valence-corrected chi connectivity index (χ2v) is 8.48. The zero-order valence-corrected chi connectivity index (χ0v) is 18.3. The summed E-state index contributed by atoms with van der Waals surface area (Å²) in [5, 5.41) is 3.27. The van der Waals surface area contributed by atoms with Gasteiger partial charge in [-0.05, 0) is 50.2 Å². The van der Waals surface area contributed by atoms with Gasteiger partial charge in [-0.3, -0.25) is 14.5 Å².